The summed E-state index contributed by atoms with van der Waals surface area (Å²) in [7, 11) is 0. The Morgan fingerprint density at radius 2 is 1.74 bits per heavy atom. The predicted molar refractivity (Wildman–Crippen MR) is 77.9 cm³/mol. The first-order chi connectivity index (χ1) is 8.75. The molecule has 3 aromatic rings. The van der Waals surface area contributed by atoms with E-state index in [4.69, 9.17) is 0 Å². The molecule has 1 heterocycles. The van der Waals surface area contributed by atoms with Gasteiger partial charge in [-0.05, 0) is 31.2 Å². The first kappa shape index (κ1) is 13.3. The maximum absolute atomic E-state index is 12.4. The highest BCUT2D eigenvalue weighted by Gasteiger charge is 2.11. The van der Waals surface area contributed by atoms with Gasteiger partial charge in [-0.3, -0.25) is 9.36 Å². The monoisotopic (exact) mass is 272 g/mol. The molecule has 0 fully saturated rings. The van der Waals surface area contributed by atoms with Crippen LogP contribution in [-0.4, -0.2) is 15.5 Å². The average molecular weight is 273 g/mol. The van der Waals surface area contributed by atoms with Crippen molar-refractivity contribution >= 4 is 29.3 Å². The lowest BCUT2D eigenvalue weighted by atomic mass is 10.1. The third-order valence-electron chi connectivity index (χ3n) is 2.97. The number of fused-ring (bicyclic) bond motifs is 1. The van der Waals surface area contributed by atoms with E-state index in [1.165, 1.54) is 0 Å². The van der Waals surface area contributed by atoms with Gasteiger partial charge >= 0.3 is 0 Å². The van der Waals surface area contributed by atoms with E-state index in [-0.39, 0.29) is 18.3 Å². The molecule has 0 saturated carbocycles. The minimum Gasteiger partial charge on any atom is -0.268 e. The zero-order valence-corrected chi connectivity index (χ0v) is 11.2. The van der Waals surface area contributed by atoms with E-state index < -0.39 is 0 Å². The molecule has 0 aliphatic rings. The van der Waals surface area contributed by atoms with E-state index >= 15 is 0 Å². The Morgan fingerprint density at radius 3 is 2.47 bits per heavy atom. The number of imidazole rings is 1. The molecule has 4 heteroatoms. The number of para-hydroxylation sites is 2. The number of aromatic nitrogens is 2. The van der Waals surface area contributed by atoms with Crippen LogP contribution in [0.5, 0.6) is 0 Å². The molecule has 0 aliphatic heterocycles. The molecule has 96 valence electrons. The fourth-order valence-corrected chi connectivity index (χ4v) is 1.96. The lowest BCUT2D eigenvalue weighted by molar-refractivity contribution is 0.0964. The zero-order valence-electron chi connectivity index (χ0n) is 10.4. The van der Waals surface area contributed by atoms with Crippen LogP contribution in [0.15, 0.2) is 54.9 Å². The second kappa shape index (κ2) is 5.24. The number of hydrogen-bond donors (Lipinski definition) is 0. The first-order valence-electron chi connectivity index (χ1n) is 5.79. The maximum Gasteiger partial charge on any atom is 0.263 e. The van der Waals surface area contributed by atoms with Gasteiger partial charge in [-0.1, -0.05) is 29.8 Å². The molecule has 3 rings (SSSR count). The number of carbonyl (C=O) groups excluding carboxylic acids is 1. The van der Waals surface area contributed by atoms with Gasteiger partial charge in [-0.2, -0.15) is 0 Å². The standard InChI is InChI=1S/C15H12N2O.ClH/c1-11-6-8-12(9-7-11)15(18)17-10-16-13-4-2-3-5-14(13)17;/h2-10H,1H3;1H. The van der Waals surface area contributed by atoms with Crippen LogP contribution in [-0.2, 0) is 0 Å². The van der Waals surface area contributed by atoms with Crippen molar-refractivity contribution in [2.75, 3.05) is 0 Å². The van der Waals surface area contributed by atoms with Gasteiger partial charge < -0.3 is 0 Å². The summed E-state index contributed by atoms with van der Waals surface area (Å²) in [4.78, 5) is 16.6. The van der Waals surface area contributed by atoms with Crippen LogP contribution >= 0.6 is 12.4 Å². The number of benzene rings is 2. The highest BCUT2D eigenvalue weighted by Crippen LogP contribution is 2.14. The predicted octanol–water partition coefficient (Wildman–Crippen LogP) is 3.46. The molecule has 0 bridgehead atoms. The molecular formula is C15H13ClN2O. The maximum atomic E-state index is 12.4. The van der Waals surface area contributed by atoms with Crippen LogP contribution in [0.25, 0.3) is 11.0 Å². The quantitative estimate of drug-likeness (QED) is 0.680. The zero-order chi connectivity index (χ0) is 12.5. The van der Waals surface area contributed by atoms with Gasteiger partial charge in [0, 0.05) is 5.56 Å². The number of halogens is 1. The van der Waals surface area contributed by atoms with E-state index in [2.05, 4.69) is 4.98 Å². The summed E-state index contributed by atoms with van der Waals surface area (Å²) < 4.78 is 1.58. The van der Waals surface area contributed by atoms with Gasteiger partial charge in [-0.25, -0.2) is 4.98 Å². The Bertz CT molecular complexity index is 716. The van der Waals surface area contributed by atoms with Crippen LogP contribution in [0.3, 0.4) is 0 Å². The topological polar surface area (TPSA) is 34.9 Å². The van der Waals surface area contributed by atoms with E-state index in [9.17, 15) is 4.79 Å². The van der Waals surface area contributed by atoms with Gasteiger partial charge in [-0.15, -0.1) is 12.4 Å². The smallest absolute Gasteiger partial charge is 0.263 e. The normalized spacial score (nSPS) is 10.2. The Hall–Kier alpha value is -2.13. The Kier molecular flexibility index (Phi) is 3.67. The lowest BCUT2D eigenvalue weighted by Crippen LogP contribution is -2.10. The van der Waals surface area contributed by atoms with Crippen molar-refractivity contribution < 1.29 is 4.79 Å². The molecule has 0 atom stereocenters. The van der Waals surface area contributed by atoms with Crippen molar-refractivity contribution in [1.29, 1.82) is 0 Å². The van der Waals surface area contributed by atoms with Crippen molar-refractivity contribution in [1.82, 2.24) is 9.55 Å². The number of hydrogen-bond acceptors (Lipinski definition) is 2. The van der Waals surface area contributed by atoms with Crippen molar-refractivity contribution in [3.63, 3.8) is 0 Å². The molecular weight excluding hydrogens is 260 g/mol. The molecule has 0 radical (unpaired) electrons. The van der Waals surface area contributed by atoms with Crippen LogP contribution in [0, 0.1) is 6.92 Å². The van der Waals surface area contributed by atoms with Crippen molar-refractivity contribution in [3.05, 3.63) is 66.0 Å². The summed E-state index contributed by atoms with van der Waals surface area (Å²) in [5, 5.41) is 0. The van der Waals surface area contributed by atoms with E-state index in [0.717, 1.165) is 16.6 Å². The summed E-state index contributed by atoms with van der Waals surface area (Å²) in [6, 6.07) is 15.2. The minimum atomic E-state index is -0.0521. The van der Waals surface area contributed by atoms with Gasteiger partial charge in [0.15, 0.2) is 0 Å². The number of rotatable bonds is 1. The summed E-state index contributed by atoms with van der Waals surface area (Å²) in [5.74, 6) is -0.0521. The van der Waals surface area contributed by atoms with Crippen LogP contribution in [0.4, 0.5) is 0 Å². The van der Waals surface area contributed by atoms with Crippen molar-refractivity contribution in [3.8, 4) is 0 Å². The van der Waals surface area contributed by atoms with E-state index in [1.807, 2.05) is 55.5 Å². The van der Waals surface area contributed by atoms with E-state index in [0.29, 0.717) is 5.56 Å². The van der Waals surface area contributed by atoms with Crippen molar-refractivity contribution in [2.45, 2.75) is 6.92 Å². The number of nitrogens with zero attached hydrogens (tertiary/aromatic N) is 2. The molecule has 0 unspecified atom stereocenters. The molecule has 1 aromatic heterocycles. The van der Waals surface area contributed by atoms with E-state index in [1.54, 1.807) is 10.9 Å². The van der Waals surface area contributed by atoms with Gasteiger partial charge in [0.1, 0.15) is 6.33 Å². The van der Waals surface area contributed by atoms with Gasteiger partial charge in [0.25, 0.3) is 5.91 Å². The van der Waals surface area contributed by atoms with Gasteiger partial charge in [0.2, 0.25) is 0 Å². The molecule has 0 N–H and O–H groups in total. The Balaban J connectivity index is 0.00000133. The Morgan fingerprint density at radius 1 is 1.05 bits per heavy atom. The highest BCUT2D eigenvalue weighted by atomic mass is 35.5. The fourth-order valence-electron chi connectivity index (χ4n) is 1.96. The largest absolute Gasteiger partial charge is 0.268 e. The second-order valence-electron chi connectivity index (χ2n) is 4.27. The average Bonchev–Trinajstić information content (AvgIpc) is 2.82. The third-order valence-corrected chi connectivity index (χ3v) is 2.97. The van der Waals surface area contributed by atoms with Gasteiger partial charge in [0.05, 0.1) is 11.0 Å². The minimum absolute atomic E-state index is 0. The molecule has 3 nitrogen and oxygen atoms in total. The Labute approximate surface area is 117 Å². The lowest BCUT2D eigenvalue weighted by Gasteiger charge is -2.03. The third kappa shape index (κ3) is 2.37. The molecule has 0 aliphatic carbocycles. The summed E-state index contributed by atoms with van der Waals surface area (Å²) >= 11 is 0. The van der Waals surface area contributed by atoms with Crippen molar-refractivity contribution in [2.24, 2.45) is 0 Å². The molecule has 19 heavy (non-hydrogen) atoms. The fraction of sp³-hybridized carbons (Fsp3) is 0.0667. The molecule has 0 saturated heterocycles. The summed E-state index contributed by atoms with van der Waals surface area (Å²) in [6.45, 7) is 2.00. The summed E-state index contributed by atoms with van der Waals surface area (Å²) in [5.41, 5.74) is 3.48. The molecule has 0 amide bonds. The second-order valence-corrected chi connectivity index (χ2v) is 4.27. The van der Waals surface area contributed by atoms with Crippen LogP contribution in [0.2, 0.25) is 0 Å². The SMILES string of the molecule is Cc1ccc(C(=O)n2cnc3ccccc32)cc1.Cl. The van der Waals surface area contributed by atoms with Crippen LogP contribution in [0.1, 0.15) is 15.9 Å². The number of carbonyl (C=O) groups is 1. The van der Waals surface area contributed by atoms with Crippen LogP contribution < -0.4 is 0 Å². The highest BCUT2D eigenvalue weighted by molar-refractivity contribution is 6.01. The summed E-state index contributed by atoms with van der Waals surface area (Å²) in [6.07, 6.45) is 1.58. The number of aryl methyl sites for hydroxylation is 1. The first-order valence-corrected chi connectivity index (χ1v) is 5.79. The molecule has 2 aromatic carbocycles. The molecule has 0 spiro atoms.